The molecule has 0 atom stereocenters. The zero-order valence-corrected chi connectivity index (χ0v) is 10.4. The molecule has 1 aliphatic rings. The predicted octanol–water partition coefficient (Wildman–Crippen LogP) is 3.68. The Labute approximate surface area is 98.3 Å². The quantitative estimate of drug-likeness (QED) is 0.611. The molecule has 74 valence electrons. The van der Waals surface area contributed by atoms with Crippen molar-refractivity contribution in [3.05, 3.63) is 36.4 Å². The van der Waals surface area contributed by atoms with Crippen LogP contribution in [0, 0.1) is 0 Å². The third kappa shape index (κ3) is 1.80. The van der Waals surface area contributed by atoms with E-state index >= 15 is 0 Å². The van der Waals surface area contributed by atoms with Gasteiger partial charge >= 0.3 is 0 Å². The molecule has 0 aromatic heterocycles. The van der Waals surface area contributed by atoms with Gasteiger partial charge in [-0.2, -0.15) is 0 Å². The highest BCUT2D eigenvalue weighted by molar-refractivity contribution is 14.1. The van der Waals surface area contributed by atoms with E-state index in [2.05, 4.69) is 41.3 Å². The summed E-state index contributed by atoms with van der Waals surface area (Å²) in [5, 5.41) is 0. The van der Waals surface area contributed by atoms with Crippen LogP contribution in [0.5, 0.6) is 5.75 Å². The number of ether oxygens (including phenoxy) is 1. The molecule has 0 amide bonds. The van der Waals surface area contributed by atoms with Crippen LogP contribution in [0.1, 0.15) is 18.4 Å². The fourth-order valence-corrected chi connectivity index (χ4v) is 2.04. The maximum absolute atomic E-state index is 5.12. The first-order valence-electron chi connectivity index (χ1n) is 4.68. The maximum atomic E-state index is 5.12. The Balaban J connectivity index is 2.20. The van der Waals surface area contributed by atoms with Crippen molar-refractivity contribution in [1.29, 1.82) is 0 Å². The summed E-state index contributed by atoms with van der Waals surface area (Å²) in [7, 11) is 1.69. The lowest BCUT2D eigenvalue weighted by Gasteiger charge is -2.11. The number of rotatable bonds is 3. The van der Waals surface area contributed by atoms with E-state index in [9.17, 15) is 0 Å². The SMILES string of the molecule is C=C(c1ccc(OC)cc1)C1(I)CC1. The number of methoxy groups -OCH3 is 1. The zero-order valence-electron chi connectivity index (χ0n) is 8.22. The van der Waals surface area contributed by atoms with E-state index in [-0.39, 0.29) is 0 Å². The van der Waals surface area contributed by atoms with Crippen LogP contribution in [-0.4, -0.2) is 10.5 Å². The van der Waals surface area contributed by atoms with E-state index in [1.165, 1.54) is 24.0 Å². The minimum atomic E-state index is 0.340. The number of hydrogen-bond donors (Lipinski definition) is 0. The van der Waals surface area contributed by atoms with Gasteiger partial charge in [0, 0.05) is 3.42 Å². The summed E-state index contributed by atoms with van der Waals surface area (Å²) in [6.45, 7) is 4.17. The lowest BCUT2D eigenvalue weighted by molar-refractivity contribution is 0.415. The molecule has 0 aliphatic heterocycles. The predicted molar refractivity (Wildman–Crippen MR) is 68.0 cm³/mol. The number of halogens is 1. The Morgan fingerprint density at radius 3 is 2.36 bits per heavy atom. The Hall–Kier alpha value is -0.510. The van der Waals surface area contributed by atoms with Crippen LogP contribution in [0.15, 0.2) is 30.8 Å². The lowest BCUT2D eigenvalue weighted by Crippen LogP contribution is -1.99. The molecule has 14 heavy (non-hydrogen) atoms. The molecule has 1 saturated carbocycles. The molecule has 1 aliphatic carbocycles. The molecular formula is C12H13IO. The Morgan fingerprint density at radius 1 is 1.36 bits per heavy atom. The van der Waals surface area contributed by atoms with Crippen LogP contribution in [-0.2, 0) is 0 Å². The van der Waals surface area contributed by atoms with Crippen LogP contribution < -0.4 is 4.74 Å². The van der Waals surface area contributed by atoms with E-state index in [0.29, 0.717) is 3.42 Å². The highest BCUT2D eigenvalue weighted by atomic mass is 127. The summed E-state index contributed by atoms with van der Waals surface area (Å²) < 4.78 is 5.46. The first-order valence-corrected chi connectivity index (χ1v) is 5.76. The molecule has 2 heteroatoms. The summed E-state index contributed by atoms with van der Waals surface area (Å²) in [5.41, 5.74) is 2.48. The van der Waals surface area contributed by atoms with Crippen molar-refractivity contribution in [3.63, 3.8) is 0 Å². The minimum absolute atomic E-state index is 0.340. The average Bonchev–Trinajstić information content (AvgIpc) is 2.97. The molecule has 0 radical (unpaired) electrons. The van der Waals surface area contributed by atoms with Crippen LogP contribution in [0.2, 0.25) is 0 Å². The first-order chi connectivity index (χ1) is 6.65. The minimum Gasteiger partial charge on any atom is -0.497 e. The summed E-state index contributed by atoms with van der Waals surface area (Å²) >= 11 is 2.50. The number of allylic oxidation sites excluding steroid dienone is 1. The van der Waals surface area contributed by atoms with E-state index in [1.807, 2.05) is 12.1 Å². The Bertz CT molecular complexity index is 349. The van der Waals surface area contributed by atoms with Gasteiger partial charge < -0.3 is 4.74 Å². The van der Waals surface area contributed by atoms with Gasteiger partial charge in [-0.05, 0) is 36.1 Å². The van der Waals surface area contributed by atoms with Crippen molar-refractivity contribution in [2.75, 3.05) is 7.11 Å². The molecular weight excluding hydrogens is 287 g/mol. The fraction of sp³-hybridized carbons (Fsp3) is 0.333. The van der Waals surface area contributed by atoms with Gasteiger partial charge in [-0.3, -0.25) is 0 Å². The second-order valence-corrected chi connectivity index (χ2v) is 5.74. The third-order valence-corrected chi connectivity index (χ3v) is 4.40. The molecule has 0 unspecified atom stereocenters. The number of benzene rings is 1. The van der Waals surface area contributed by atoms with Crippen LogP contribution in [0.3, 0.4) is 0 Å². The van der Waals surface area contributed by atoms with Crippen molar-refractivity contribution < 1.29 is 4.74 Å². The number of alkyl halides is 1. The highest BCUT2D eigenvalue weighted by Gasteiger charge is 2.42. The Kier molecular flexibility index (Phi) is 2.56. The standard InChI is InChI=1S/C12H13IO/c1-9(12(13)7-8-12)10-3-5-11(14-2)6-4-10/h3-6H,1,7-8H2,2H3. The van der Waals surface area contributed by atoms with Gasteiger partial charge in [0.2, 0.25) is 0 Å². The van der Waals surface area contributed by atoms with E-state index in [1.54, 1.807) is 7.11 Å². The highest BCUT2D eigenvalue weighted by Crippen LogP contribution is 2.53. The summed E-state index contributed by atoms with van der Waals surface area (Å²) in [6, 6.07) is 8.14. The van der Waals surface area contributed by atoms with E-state index in [0.717, 1.165) is 5.75 Å². The third-order valence-electron chi connectivity index (χ3n) is 2.67. The Morgan fingerprint density at radius 2 is 1.93 bits per heavy atom. The molecule has 0 heterocycles. The molecule has 1 aromatic rings. The van der Waals surface area contributed by atoms with Crippen molar-refractivity contribution in [1.82, 2.24) is 0 Å². The van der Waals surface area contributed by atoms with Gasteiger partial charge in [0.05, 0.1) is 7.11 Å². The van der Waals surface area contributed by atoms with Gasteiger partial charge in [-0.1, -0.05) is 41.3 Å². The average molecular weight is 300 g/mol. The summed E-state index contributed by atoms with van der Waals surface area (Å²) in [4.78, 5) is 0. The molecule has 0 N–H and O–H groups in total. The fourth-order valence-electron chi connectivity index (χ4n) is 1.46. The summed E-state index contributed by atoms with van der Waals surface area (Å²) in [5.74, 6) is 0.903. The molecule has 0 bridgehead atoms. The maximum Gasteiger partial charge on any atom is 0.118 e. The van der Waals surface area contributed by atoms with Gasteiger partial charge in [0.15, 0.2) is 0 Å². The second-order valence-electron chi connectivity index (χ2n) is 3.67. The topological polar surface area (TPSA) is 9.23 Å². The monoisotopic (exact) mass is 300 g/mol. The normalized spacial score (nSPS) is 17.6. The molecule has 2 rings (SSSR count). The molecule has 1 fully saturated rings. The summed E-state index contributed by atoms with van der Waals surface area (Å²) in [6.07, 6.45) is 2.52. The van der Waals surface area contributed by atoms with Crippen molar-refractivity contribution in [2.45, 2.75) is 16.3 Å². The largest absolute Gasteiger partial charge is 0.497 e. The lowest BCUT2D eigenvalue weighted by atomic mass is 10.0. The molecule has 0 spiro atoms. The smallest absolute Gasteiger partial charge is 0.118 e. The molecule has 1 aromatic carbocycles. The molecule has 0 saturated heterocycles. The van der Waals surface area contributed by atoms with Crippen LogP contribution in [0.4, 0.5) is 0 Å². The van der Waals surface area contributed by atoms with Gasteiger partial charge in [-0.25, -0.2) is 0 Å². The van der Waals surface area contributed by atoms with Crippen LogP contribution in [0.25, 0.3) is 5.57 Å². The van der Waals surface area contributed by atoms with Crippen LogP contribution >= 0.6 is 22.6 Å². The molecule has 1 nitrogen and oxygen atoms in total. The second kappa shape index (κ2) is 3.57. The van der Waals surface area contributed by atoms with Gasteiger partial charge in [0.25, 0.3) is 0 Å². The van der Waals surface area contributed by atoms with Crippen molar-refractivity contribution in [3.8, 4) is 5.75 Å². The van der Waals surface area contributed by atoms with Crippen molar-refractivity contribution in [2.24, 2.45) is 0 Å². The van der Waals surface area contributed by atoms with Crippen molar-refractivity contribution >= 4 is 28.2 Å². The van der Waals surface area contributed by atoms with Gasteiger partial charge in [0.1, 0.15) is 5.75 Å². The van der Waals surface area contributed by atoms with E-state index < -0.39 is 0 Å². The number of hydrogen-bond acceptors (Lipinski definition) is 1. The zero-order chi connectivity index (χ0) is 10.2. The van der Waals surface area contributed by atoms with E-state index in [4.69, 9.17) is 4.74 Å². The van der Waals surface area contributed by atoms with Gasteiger partial charge in [-0.15, -0.1) is 0 Å². The first kappa shape index (κ1) is 10.0.